The normalized spacial score (nSPS) is 45.9. The van der Waals surface area contributed by atoms with Gasteiger partial charge in [0.1, 0.15) is 0 Å². The number of hydrogen-bond acceptors (Lipinski definition) is 1. The van der Waals surface area contributed by atoms with Gasteiger partial charge in [0.25, 0.3) is 0 Å². The molecule has 3 fully saturated rings. The van der Waals surface area contributed by atoms with Crippen LogP contribution < -0.4 is 0 Å². The van der Waals surface area contributed by atoms with Gasteiger partial charge in [-0.3, -0.25) is 0 Å². The molecule has 0 aliphatic heterocycles. The molecule has 0 saturated heterocycles. The second-order valence-electron chi connectivity index (χ2n) is 8.92. The molecule has 0 heterocycles. The van der Waals surface area contributed by atoms with Crippen LogP contribution in [-0.4, -0.2) is 0 Å². The van der Waals surface area contributed by atoms with Gasteiger partial charge in [0.2, 0.25) is 0 Å². The Bertz CT molecular complexity index is 513. The summed E-state index contributed by atoms with van der Waals surface area (Å²) in [7, 11) is 0. The van der Waals surface area contributed by atoms with Crippen molar-refractivity contribution in [1.29, 1.82) is 5.26 Å². The van der Waals surface area contributed by atoms with E-state index in [1.165, 1.54) is 77.0 Å². The van der Waals surface area contributed by atoms with Crippen LogP contribution in [0.15, 0.2) is 11.6 Å². The third-order valence-corrected chi connectivity index (χ3v) is 8.21. The first-order chi connectivity index (χ1) is 11.3. The summed E-state index contributed by atoms with van der Waals surface area (Å²) in [5.41, 5.74) is 2.21. The predicted molar refractivity (Wildman–Crippen MR) is 94.7 cm³/mol. The van der Waals surface area contributed by atoms with Crippen molar-refractivity contribution in [2.24, 2.45) is 35.0 Å². The minimum absolute atomic E-state index is 0.352. The van der Waals surface area contributed by atoms with Crippen molar-refractivity contribution in [3.63, 3.8) is 0 Å². The highest BCUT2D eigenvalue weighted by molar-refractivity contribution is 5.19. The molecule has 6 atom stereocenters. The van der Waals surface area contributed by atoms with Gasteiger partial charge < -0.3 is 0 Å². The summed E-state index contributed by atoms with van der Waals surface area (Å²) in [5, 5.41) is 9.85. The van der Waals surface area contributed by atoms with Crippen molar-refractivity contribution in [1.82, 2.24) is 0 Å². The van der Waals surface area contributed by atoms with Gasteiger partial charge in [0.05, 0.1) is 12.0 Å². The highest BCUT2D eigenvalue weighted by Gasteiger charge is 2.56. The molecule has 0 aromatic heterocycles. The second kappa shape index (κ2) is 6.27. The number of hydrogen-bond donors (Lipinski definition) is 0. The van der Waals surface area contributed by atoms with Crippen molar-refractivity contribution >= 4 is 0 Å². The van der Waals surface area contributed by atoms with Gasteiger partial charge in [-0.15, -0.1) is 0 Å². The fraction of sp³-hybridized carbons (Fsp3) is 0.864. The first-order valence-corrected chi connectivity index (χ1v) is 10.4. The number of nitrogens with zero attached hydrogens (tertiary/aromatic N) is 1. The van der Waals surface area contributed by atoms with E-state index in [1.807, 2.05) is 5.57 Å². The van der Waals surface area contributed by atoms with Crippen LogP contribution in [0.25, 0.3) is 0 Å². The van der Waals surface area contributed by atoms with Crippen LogP contribution in [0.1, 0.15) is 84.0 Å². The lowest BCUT2D eigenvalue weighted by molar-refractivity contribution is -0.0839. The molecular formula is C22H33N. The molecule has 4 aliphatic carbocycles. The van der Waals surface area contributed by atoms with Gasteiger partial charge in [0, 0.05) is 0 Å². The van der Waals surface area contributed by atoms with Gasteiger partial charge in [0.15, 0.2) is 0 Å². The Morgan fingerprint density at radius 3 is 2.87 bits per heavy atom. The standard InChI is InChI=1S/C22H33N/c1-2-13-22-14-12-19-18-8-4-3-6-16(18)10-11-20(19)21(22)9-5-7-17(22)15-23/h6,17-21H,2-5,7-14H2,1H3. The Balaban J connectivity index is 1.65. The summed E-state index contributed by atoms with van der Waals surface area (Å²) in [6.07, 6.45) is 18.9. The monoisotopic (exact) mass is 311 g/mol. The van der Waals surface area contributed by atoms with Gasteiger partial charge in [-0.25, -0.2) is 0 Å². The smallest absolute Gasteiger partial charge is 0.0661 e. The van der Waals surface area contributed by atoms with Crippen LogP contribution in [0.2, 0.25) is 0 Å². The van der Waals surface area contributed by atoms with Gasteiger partial charge in [-0.2, -0.15) is 5.26 Å². The molecule has 4 aliphatic rings. The molecular weight excluding hydrogens is 278 g/mol. The summed E-state index contributed by atoms with van der Waals surface area (Å²) >= 11 is 0. The van der Waals surface area contributed by atoms with Crippen LogP contribution in [0.5, 0.6) is 0 Å². The molecule has 126 valence electrons. The molecule has 0 amide bonds. The highest BCUT2D eigenvalue weighted by atomic mass is 14.6. The first-order valence-electron chi connectivity index (χ1n) is 10.4. The van der Waals surface area contributed by atoms with Crippen LogP contribution >= 0.6 is 0 Å². The van der Waals surface area contributed by atoms with Crippen molar-refractivity contribution in [3.8, 4) is 6.07 Å². The van der Waals surface area contributed by atoms with Crippen molar-refractivity contribution < 1.29 is 0 Å². The Kier molecular flexibility index (Phi) is 4.29. The minimum Gasteiger partial charge on any atom is -0.198 e. The SMILES string of the molecule is CCCC12CCC3C4CCCC=C4CCC3C1CCCC2C#N. The van der Waals surface area contributed by atoms with E-state index in [9.17, 15) is 5.26 Å². The van der Waals surface area contributed by atoms with E-state index in [0.717, 1.165) is 23.7 Å². The molecule has 23 heavy (non-hydrogen) atoms. The molecule has 0 aromatic rings. The molecule has 4 rings (SSSR count). The Hall–Kier alpha value is -0.770. The van der Waals surface area contributed by atoms with E-state index in [4.69, 9.17) is 0 Å². The number of allylic oxidation sites excluding steroid dienone is 2. The van der Waals surface area contributed by atoms with E-state index in [2.05, 4.69) is 19.1 Å². The number of fused-ring (bicyclic) bond motifs is 5. The van der Waals surface area contributed by atoms with Crippen LogP contribution in [0, 0.1) is 46.3 Å². The van der Waals surface area contributed by atoms with E-state index in [-0.39, 0.29) is 0 Å². The molecule has 3 saturated carbocycles. The summed E-state index contributed by atoms with van der Waals surface area (Å²) in [6, 6.07) is 2.77. The van der Waals surface area contributed by atoms with Crippen LogP contribution in [0.4, 0.5) is 0 Å². The molecule has 0 N–H and O–H groups in total. The summed E-state index contributed by atoms with van der Waals surface area (Å²) in [5.74, 6) is 4.03. The third-order valence-electron chi connectivity index (χ3n) is 8.21. The van der Waals surface area contributed by atoms with E-state index < -0.39 is 0 Å². The van der Waals surface area contributed by atoms with E-state index >= 15 is 0 Å². The summed E-state index contributed by atoms with van der Waals surface area (Å²) < 4.78 is 0. The van der Waals surface area contributed by atoms with E-state index in [1.54, 1.807) is 0 Å². The van der Waals surface area contributed by atoms with Crippen molar-refractivity contribution in [2.75, 3.05) is 0 Å². The van der Waals surface area contributed by atoms with Crippen LogP contribution in [0.3, 0.4) is 0 Å². The Morgan fingerprint density at radius 1 is 1.13 bits per heavy atom. The molecule has 1 heteroatoms. The lowest BCUT2D eigenvalue weighted by Gasteiger charge is -2.59. The summed E-state index contributed by atoms with van der Waals surface area (Å²) in [4.78, 5) is 0. The first kappa shape index (κ1) is 15.7. The Labute approximate surface area is 142 Å². The molecule has 0 bridgehead atoms. The molecule has 6 unspecified atom stereocenters. The lowest BCUT2D eigenvalue weighted by Crippen LogP contribution is -2.52. The highest BCUT2D eigenvalue weighted by Crippen LogP contribution is 2.63. The van der Waals surface area contributed by atoms with Crippen LogP contribution in [-0.2, 0) is 0 Å². The maximum Gasteiger partial charge on any atom is 0.0661 e. The van der Waals surface area contributed by atoms with Gasteiger partial charge in [-0.1, -0.05) is 31.4 Å². The lowest BCUT2D eigenvalue weighted by atomic mass is 9.45. The molecule has 0 aromatic carbocycles. The largest absolute Gasteiger partial charge is 0.198 e. The fourth-order valence-electron chi connectivity index (χ4n) is 7.45. The fourth-order valence-corrected chi connectivity index (χ4v) is 7.45. The number of nitriles is 1. The third kappa shape index (κ3) is 2.40. The minimum atomic E-state index is 0.352. The second-order valence-corrected chi connectivity index (χ2v) is 8.92. The van der Waals surface area contributed by atoms with Gasteiger partial charge >= 0.3 is 0 Å². The average Bonchev–Trinajstić information content (AvgIpc) is 2.60. The van der Waals surface area contributed by atoms with Crippen molar-refractivity contribution in [2.45, 2.75) is 84.0 Å². The topological polar surface area (TPSA) is 23.8 Å². The van der Waals surface area contributed by atoms with E-state index in [0.29, 0.717) is 11.3 Å². The molecule has 0 radical (unpaired) electrons. The zero-order valence-corrected chi connectivity index (χ0v) is 14.9. The zero-order valence-electron chi connectivity index (χ0n) is 14.9. The summed E-state index contributed by atoms with van der Waals surface area (Å²) in [6.45, 7) is 2.34. The average molecular weight is 312 g/mol. The molecule has 1 nitrogen and oxygen atoms in total. The maximum atomic E-state index is 9.85. The maximum absolute atomic E-state index is 9.85. The zero-order chi connectivity index (χ0) is 15.9. The van der Waals surface area contributed by atoms with Gasteiger partial charge in [-0.05, 0) is 93.3 Å². The van der Waals surface area contributed by atoms with Crippen molar-refractivity contribution in [3.05, 3.63) is 11.6 Å². The quantitative estimate of drug-likeness (QED) is 0.552. The predicted octanol–water partition coefficient (Wildman–Crippen LogP) is 6.26. The number of rotatable bonds is 2. The molecule has 0 spiro atoms. The Morgan fingerprint density at radius 2 is 2.04 bits per heavy atom.